The third-order valence-electron chi connectivity index (χ3n) is 4.76. The number of halogens is 1. The van der Waals surface area contributed by atoms with Gasteiger partial charge in [-0.25, -0.2) is 4.98 Å². The number of aromatic nitrogens is 3. The van der Waals surface area contributed by atoms with Crippen molar-refractivity contribution in [2.24, 2.45) is 5.92 Å². The van der Waals surface area contributed by atoms with Crippen molar-refractivity contribution in [2.75, 3.05) is 19.7 Å². The summed E-state index contributed by atoms with van der Waals surface area (Å²) in [6.45, 7) is 5.37. The van der Waals surface area contributed by atoms with Crippen molar-refractivity contribution in [3.8, 4) is 5.75 Å². The number of nitrogens with one attached hydrogen (secondary N) is 1. The van der Waals surface area contributed by atoms with Crippen LogP contribution in [0, 0.1) is 5.92 Å². The molecule has 30 heavy (non-hydrogen) atoms. The second-order valence-corrected chi connectivity index (χ2v) is 8.66. The number of esters is 1. The van der Waals surface area contributed by atoms with Gasteiger partial charge in [-0.1, -0.05) is 23.4 Å². The maximum Gasteiger partial charge on any atom is 0.309 e. The van der Waals surface area contributed by atoms with E-state index >= 15 is 0 Å². The second-order valence-electron chi connectivity index (χ2n) is 6.92. The van der Waals surface area contributed by atoms with Crippen LogP contribution in [0.5, 0.6) is 5.75 Å². The van der Waals surface area contributed by atoms with Crippen molar-refractivity contribution >= 4 is 35.2 Å². The molecule has 2 aromatic rings. The maximum atomic E-state index is 12.7. The molecule has 1 saturated heterocycles. The van der Waals surface area contributed by atoms with E-state index in [0.717, 1.165) is 0 Å². The zero-order valence-electron chi connectivity index (χ0n) is 17.0. The average Bonchev–Trinajstić information content (AvgIpc) is 3.20. The van der Waals surface area contributed by atoms with Gasteiger partial charge in [-0.05, 0) is 51.0 Å². The van der Waals surface area contributed by atoms with Gasteiger partial charge >= 0.3 is 5.97 Å². The Morgan fingerprint density at radius 1 is 1.30 bits per heavy atom. The topological polar surface area (TPSA) is 97.4 Å². The summed E-state index contributed by atoms with van der Waals surface area (Å²) in [5.74, 6) is 0.988. The van der Waals surface area contributed by atoms with Gasteiger partial charge in [-0.3, -0.25) is 14.7 Å². The SMILES string of the molecule is CCOC(=O)C1CCN(C(=O)C(C)Sc2n[nH]c(COc3ccc(Cl)cc3)n2)CC1. The Hall–Kier alpha value is -2.26. The van der Waals surface area contributed by atoms with Gasteiger partial charge in [0.1, 0.15) is 12.4 Å². The zero-order chi connectivity index (χ0) is 21.5. The molecule has 1 aromatic carbocycles. The number of H-pyrrole nitrogens is 1. The number of piperidine rings is 1. The van der Waals surface area contributed by atoms with Crippen molar-refractivity contribution < 1.29 is 19.1 Å². The molecule has 1 aliphatic rings. The number of likely N-dealkylation sites (tertiary alicyclic amines) is 1. The molecule has 0 bridgehead atoms. The number of amides is 1. The summed E-state index contributed by atoms with van der Waals surface area (Å²) in [5.41, 5.74) is 0. The van der Waals surface area contributed by atoms with Crippen LogP contribution < -0.4 is 4.74 Å². The molecule has 1 unspecified atom stereocenters. The van der Waals surface area contributed by atoms with E-state index in [4.69, 9.17) is 21.1 Å². The minimum Gasteiger partial charge on any atom is -0.486 e. The average molecular weight is 453 g/mol. The Balaban J connectivity index is 1.45. The smallest absolute Gasteiger partial charge is 0.309 e. The third kappa shape index (κ3) is 6.12. The highest BCUT2D eigenvalue weighted by molar-refractivity contribution is 8.00. The summed E-state index contributed by atoms with van der Waals surface area (Å²) in [6, 6.07) is 7.06. The molecular formula is C20H25ClN4O4S. The fourth-order valence-corrected chi connectivity index (χ4v) is 4.09. The number of benzene rings is 1. The monoisotopic (exact) mass is 452 g/mol. The molecule has 3 rings (SSSR count). The van der Waals surface area contributed by atoms with E-state index < -0.39 is 0 Å². The first-order valence-corrected chi connectivity index (χ1v) is 11.1. The molecule has 1 aliphatic heterocycles. The first kappa shape index (κ1) is 22.4. The van der Waals surface area contributed by atoms with Gasteiger partial charge in [0.25, 0.3) is 0 Å². The van der Waals surface area contributed by atoms with Gasteiger partial charge in [-0.2, -0.15) is 0 Å². The summed E-state index contributed by atoms with van der Waals surface area (Å²) in [6.07, 6.45) is 1.27. The largest absolute Gasteiger partial charge is 0.486 e. The molecule has 0 aliphatic carbocycles. The number of rotatable bonds is 8. The summed E-state index contributed by atoms with van der Waals surface area (Å²) >= 11 is 7.15. The highest BCUT2D eigenvalue weighted by Crippen LogP contribution is 2.25. The molecule has 0 spiro atoms. The Labute approximate surface area is 184 Å². The number of thioether (sulfide) groups is 1. The van der Waals surface area contributed by atoms with Crippen molar-refractivity contribution in [3.63, 3.8) is 0 Å². The normalized spacial score (nSPS) is 15.6. The Morgan fingerprint density at radius 3 is 2.67 bits per heavy atom. The van der Waals surface area contributed by atoms with Crippen LogP contribution in [0.3, 0.4) is 0 Å². The van der Waals surface area contributed by atoms with Gasteiger partial charge in [0.15, 0.2) is 5.82 Å². The number of hydrogen-bond donors (Lipinski definition) is 1. The lowest BCUT2D eigenvalue weighted by Gasteiger charge is -2.32. The Morgan fingerprint density at radius 2 is 2.00 bits per heavy atom. The summed E-state index contributed by atoms with van der Waals surface area (Å²) < 4.78 is 10.7. The van der Waals surface area contributed by atoms with Crippen LogP contribution in [-0.4, -0.2) is 56.9 Å². The minimum atomic E-state index is -0.329. The van der Waals surface area contributed by atoms with Gasteiger partial charge in [0, 0.05) is 18.1 Å². The van der Waals surface area contributed by atoms with Crippen LogP contribution in [0.15, 0.2) is 29.4 Å². The van der Waals surface area contributed by atoms with Crippen LogP contribution in [0.4, 0.5) is 0 Å². The molecule has 1 amide bonds. The fourth-order valence-electron chi connectivity index (χ4n) is 3.14. The first-order valence-electron chi connectivity index (χ1n) is 9.88. The lowest BCUT2D eigenvalue weighted by atomic mass is 9.97. The molecule has 10 heteroatoms. The van der Waals surface area contributed by atoms with Crippen LogP contribution >= 0.6 is 23.4 Å². The number of nitrogens with zero attached hydrogens (tertiary/aromatic N) is 3. The standard InChI is InChI=1S/C20H25ClN4O4S/c1-3-28-19(27)14-8-10-25(11-9-14)18(26)13(2)30-20-22-17(23-24-20)12-29-16-6-4-15(21)5-7-16/h4-7,13-14H,3,8-12H2,1-2H3,(H,22,23,24). The molecule has 0 radical (unpaired) electrons. The molecule has 2 heterocycles. The van der Waals surface area contributed by atoms with Crippen molar-refractivity contribution in [1.82, 2.24) is 20.1 Å². The van der Waals surface area contributed by atoms with E-state index in [1.54, 1.807) is 36.1 Å². The number of ether oxygens (including phenoxy) is 2. The Kier molecular flexibility index (Phi) is 7.98. The van der Waals surface area contributed by atoms with E-state index in [1.807, 2.05) is 6.92 Å². The van der Waals surface area contributed by atoms with Gasteiger partial charge in [0.05, 0.1) is 17.8 Å². The van der Waals surface area contributed by atoms with Crippen molar-refractivity contribution in [3.05, 3.63) is 35.1 Å². The number of carbonyl (C=O) groups is 2. The number of hydrogen-bond acceptors (Lipinski definition) is 7. The second kappa shape index (κ2) is 10.7. The van der Waals surface area contributed by atoms with Crippen LogP contribution in [0.1, 0.15) is 32.5 Å². The molecule has 1 fully saturated rings. The third-order valence-corrected chi connectivity index (χ3v) is 5.96. The molecule has 8 nitrogen and oxygen atoms in total. The van der Waals surface area contributed by atoms with E-state index in [2.05, 4.69) is 15.2 Å². The summed E-state index contributed by atoms with van der Waals surface area (Å²) in [5, 5.41) is 7.80. The number of carbonyl (C=O) groups excluding carboxylic acids is 2. The molecular weight excluding hydrogens is 428 g/mol. The minimum absolute atomic E-state index is 0.0195. The molecule has 1 atom stereocenters. The van der Waals surface area contributed by atoms with E-state index in [9.17, 15) is 9.59 Å². The fraction of sp³-hybridized carbons (Fsp3) is 0.500. The maximum absolute atomic E-state index is 12.7. The van der Waals surface area contributed by atoms with Gasteiger partial charge in [0.2, 0.25) is 11.1 Å². The van der Waals surface area contributed by atoms with Crippen molar-refractivity contribution in [1.29, 1.82) is 0 Å². The predicted molar refractivity (Wildman–Crippen MR) is 113 cm³/mol. The molecule has 0 saturated carbocycles. The lowest BCUT2D eigenvalue weighted by Crippen LogP contribution is -2.43. The molecule has 162 valence electrons. The van der Waals surface area contributed by atoms with Gasteiger partial charge < -0.3 is 14.4 Å². The molecule has 1 aromatic heterocycles. The quantitative estimate of drug-likeness (QED) is 0.484. The molecule has 1 N–H and O–H groups in total. The van der Waals surface area contributed by atoms with E-state index in [-0.39, 0.29) is 29.7 Å². The van der Waals surface area contributed by atoms with E-state index in [1.165, 1.54) is 11.8 Å². The zero-order valence-corrected chi connectivity index (χ0v) is 18.5. The number of aromatic amines is 1. The van der Waals surface area contributed by atoms with Crippen LogP contribution in [0.2, 0.25) is 5.02 Å². The predicted octanol–water partition coefficient (Wildman–Crippen LogP) is 3.32. The summed E-state index contributed by atoms with van der Waals surface area (Å²) in [7, 11) is 0. The summed E-state index contributed by atoms with van der Waals surface area (Å²) in [4.78, 5) is 30.8. The van der Waals surface area contributed by atoms with E-state index in [0.29, 0.717) is 54.3 Å². The van der Waals surface area contributed by atoms with Crippen LogP contribution in [-0.2, 0) is 20.9 Å². The Bertz CT molecular complexity index is 853. The van der Waals surface area contributed by atoms with Gasteiger partial charge in [-0.15, -0.1) is 5.10 Å². The highest BCUT2D eigenvalue weighted by Gasteiger charge is 2.30. The highest BCUT2D eigenvalue weighted by atomic mass is 35.5. The first-order chi connectivity index (χ1) is 14.5. The lowest BCUT2D eigenvalue weighted by molar-refractivity contribution is -0.151. The van der Waals surface area contributed by atoms with Crippen LogP contribution in [0.25, 0.3) is 0 Å². The van der Waals surface area contributed by atoms with Crippen molar-refractivity contribution in [2.45, 2.75) is 43.7 Å².